The van der Waals surface area contributed by atoms with Crippen LogP contribution in [0, 0.1) is 11.6 Å². The molecule has 2 aromatic carbocycles. The van der Waals surface area contributed by atoms with Crippen LogP contribution < -0.4 is 0 Å². The van der Waals surface area contributed by atoms with Crippen LogP contribution in [0.25, 0.3) is 17.1 Å². The van der Waals surface area contributed by atoms with Crippen LogP contribution in [-0.2, 0) is 6.61 Å². The third-order valence-corrected chi connectivity index (χ3v) is 3.07. The van der Waals surface area contributed by atoms with Crippen molar-refractivity contribution in [3.05, 3.63) is 66.0 Å². The van der Waals surface area contributed by atoms with Crippen molar-refractivity contribution in [2.24, 2.45) is 0 Å². The summed E-state index contributed by atoms with van der Waals surface area (Å²) < 4.78 is 29.4. The van der Waals surface area contributed by atoms with Gasteiger partial charge in [-0.15, -0.1) is 10.2 Å². The highest BCUT2D eigenvalue weighted by Crippen LogP contribution is 2.27. The average Bonchev–Trinajstić information content (AvgIpc) is 2.91. The monoisotopic (exact) mass is 287 g/mol. The van der Waals surface area contributed by atoms with Crippen molar-refractivity contribution in [2.45, 2.75) is 6.61 Å². The molecule has 3 rings (SSSR count). The Kier molecular flexibility index (Phi) is 3.45. The van der Waals surface area contributed by atoms with Gasteiger partial charge in [-0.3, -0.25) is 4.57 Å². The Morgan fingerprint density at radius 1 is 0.905 bits per heavy atom. The van der Waals surface area contributed by atoms with Crippen molar-refractivity contribution < 1.29 is 13.9 Å². The summed E-state index contributed by atoms with van der Waals surface area (Å²) in [6.07, 6.45) is 0. The molecule has 1 N–H and O–H groups in total. The summed E-state index contributed by atoms with van der Waals surface area (Å²) in [5.74, 6) is -1.24. The fraction of sp³-hybridized carbons (Fsp3) is 0.0667. The van der Waals surface area contributed by atoms with Gasteiger partial charge in [-0.05, 0) is 24.3 Å². The second kappa shape index (κ2) is 5.41. The number of aromatic nitrogens is 3. The Morgan fingerprint density at radius 2 is 1.57 bits per heavy atom. The minimum atomic E-state index is -0.732. The SMILES string of the molecule is OCc1nnc(-c2c(F)cccc2F)n1-c1ccccc1. The summed E-state index contributed by atoms with van der Waals surface area (Å²) in [6, 6.07) is 12.4. The van der Waals surface area contributed by atoms with Gasteiger partial charge >= 0.3 is 0 Å². The summed E-state index contributed by atoms with van der Waals surface area (Å²) in [6.45, 7) is -0.391. The molecule has 21 heavy (non-hydrogen) atoms. The molecule has 0 aliphatic rings. The van der Waals surface area contributed by atoms with Gasteiger partial charge in [0.1, 0.15) is 18.2 Å². The summed E-state index contributed by atoms with van der Waals surface area (Å²) in [4.78, 5) is 0. The molecule has 6 heteroatoms. The summed E-state index contributed by atoms with van der Waals surface area (Å²) in [5, 5.41) is 17.0. The van der Waals surface area contributed by atoms with E-state index in [1.807, 2.05) is 6.07 Å². The molecule has 1 aromatic heterocycles. The smallest absolute Gasteiger partial charge is 0.174 e. The predicted molar refractivity (Wildman–Crippen MR) is 72.6 cm³/mol. The van der Waals surface area contributed by atoms with Crippen molar-refractivity contribution in [2.75, 3.05) is 0 Å². The maximum atomic E-state index is 14.0. The lowest BCUT2D eigenvalue weighted by Crippen LogP contribution is -2.04. The van der Waals surface area contributed by atoms with Crippen LogP contribution >= 0.6 is 0 Å². The number of hydrogen-bond donors (Lipinski definition) is 1. The number of halogens is 2. The number of para-hydroxylation sites is 1. The summed E-state index contributed by atoms with van der Waals surface area (Å²) in [5.41, 5.74) is 0.345. The van der Waals surface area contributed by atoms with E-state index in [-0.39, 0.29) is 17.2 Å². The van der Waals surface area contributed by atoms with Gasteiger partial charge in [0.2, 0.25) is 0 Å². The molecule has 1 heterocycles. The molecule has 0 unspecified atom stereocenters. The van der Waals surface area contributed by atoms with Crippen LogP contribution in [0.15, 0.2) is 48.5 Å². The first-order valence-electron chi connectivity index (χ1n) is 6.27. The largest absolute Gasteiger partial charge is 0.388 e. The van der Waals surface area contributed by atoms with Crippen molar-refractivity contribution in [3.8, 4) is 17.1 Å². The molecule has 0 bridgehead atoms. The van der Waals surface area contributed by atoms with Gasteiger partial charge in [-0.25, -0.2) is 8.78 Å². The first-order valence-corrected chi connectivity index (χ1v) is 6.27. The van der Waals surface area contributed by atoms with Crippen LogP contribution in [0.4, 0.5) is 8.78 Å². The molecular weight excluding hydrogens is 276 g/mol. The molecule has 0 saturated carbocycles. The standard InChI is InChI=1S/C15H11F2N3O/c16-11-7-4-8-12(17)14(11)15-19-18-13(9-21)20(15)10-5-2-1-3-6-10/h1-8,21H,9H2. The first-order chi connectivity index (χ1) is 10.2. The quantitative estimate of drug-likeness (QED) is 0.805. The van der Waals surface area contributed by atoms with Gasteiger partial charge in [0, 0.05) is 5.69 Å². The summed E-state index contributed by atoms with van der Waals surface area (Å²) >= 11 is 0. The molecule has 0 saturated heterocycles. The number of aliphatic hydroxyl groups excluding tert-OH is 1. The molecule has 0 radical (unpaired) electrons. The molecule has 0 amide bonds. The predicted octanol–water partition coefficient (Wildman–Crippen LogP) is 2.70. The zero-order valence-corrected chi connectivity index (χ0v) is 10.9. The Balaban J connectivity index is 2.28. The average molecular weight is 287 g/mol. The van der Waals surface area contributed by atoms with E-state index in [0.29, 0.717) is 5.69 Å². The van der Waals surface area contributed by atoms with E-state index in [2.05, 4.69) is 10.2 Å². The van der Waals surface area contributed by atoms with E-state index in [4.69, 9.17) is 0 Å². The Hall–Kier alpha value is -2.60. The highest BCUT2D eigenvalue weighted by atomic mass is 19.1. The van der Waals surface area contributed by atoms with Crippen LogP contribution in [0.1, 0.15) is 5.82 Å². The molecule has 3 aromatic rings. The van der Waals surface area contributed by atoms with Crippen molar-refractivity contribution >= 4 is 0 Å². The maximum Gasteiger partial charge on any atom is 0.174 e. The zero-order chi connectivity index (χ0) is 14.8. The Bertz CT molecular complexity index is 752. The van der Waals surface area contributed by atoms with E-state index in [9.17, 15) is 13.9 Å². The highest BCUT2D eigenvalue weighted by molar-refractivity contribution is 5.60. The lowest BCUT2D eigenvalue weighted by molar-refractivity contribution is 0.269. The Morgan fingerprint density at radius 3 is 2.19 bits per heavy atom. The summed E-state index contributed by atoms with van der Waals surface area (Å²) in [7, 11) is 0. The second-order valence-electron chi connectivity index (χ2n) is 4.37. The number of aliphatic hydroxyl groups is 1. The van der Waals surface area contributed by atoms with Crippen molar-refractivity contribution in [3.63, 3.8) is 0 Å². The number of nitrogens with zero attached hydrogens (tertiary/aromatic N) is 3. The number of rotatable bonds is 3. The molecule has 0 atom stereocenters. The highest BCUT2D eigenvalue weighted by Gasteiger charge is 2.20. The van der Waals surface area contributed by atoms with Gasteiger partial charge in [0.15, 0.2) is 11.6 Å². The van der Waals surface area contributed by atoms with E-state index in [0.717, 1.165) is 12.1 Å². The number of benzene rings is 2. The van der Waals surface area contributed by atoms with Crippen molar-refractivity contribution in [1.82, 2.24) is 14.8 Å². The lowest BCUT2D eigenvalue weighted by Gasteiger charge is -2.10. The number of hydrogen-bond acceptors (Lipinski definition) is 3. The fourth-order valence-corrected chi connectivity index (χ4v) is 2.14. The minimum Gasteiger partial charge on any atom is -0.388 e. The van der Waals surface area contributed by atoms with Crippen LogP contribution in [0.2, 0.25) is 0 Å². The van der Waals surface area contributed by atoms with E-state index < -0.39 is 18.2 Å². The van der Waals surface area contributed by atoms with Crippen molar-refractivity contribution in [1.29, 1.82) is 0 Å². The van der Waals surface area contributed by atoms with Gasteiger partial charge < -0.3 is 5.11 Å². The molecule has 0 aliphatic heterocycles. The maximum absolute atomic E-state index is 14.0. The molecular formula is C15H11F2N3O. The molecule has 106 valence electrons. The van der Waals surface area contributed by atoms with Crippen LogP contribution in [-0.4, -0.2) is 19.9 Å². The molecule has 0 aliphatic carbocycles. The van der Waals surface area contributed by atoms with E-state index in [1.54, 1.807) is 24.3 Å². The first kappa shape index (κ1) is 13.4. The molecule has 4 nitrogen and oxygen atoms in total. The van der Waals surface area contributed by atoms with Crippen LogP contribution in [0.5, 0.6) is 0 Å². The fourth-order valence-electron chi connectivity index (χ4n) is 2.14. The Labute approximate surface area is 119 Å². The third kappa shape index (κ3) is 2.30. The van der Waals surface area contributed by atoms with Crippen LogP contribution in [0.3, 0.4) is 0 Å². The van der Waals surface area contributed by atoms with Gasteiger partial charge in [-0.2, -0.15) is 0 Å². The van der Waals surface area contributed by atoms with E-state index in [1.165, 1.54) is 10.6 Å². The molecule has 0 spiro atoms. The van der Waals surface area contributed by atoms with Gasteiger partial charge in [0.25, 0.3) is 0 Å². The topological polar surface area (TPSA) is 50.9 Å². The zero-order valence-electron chi connectivity index (χ0n) is 10.9. The minimum absolute atomic E-state index is 0.0147. The lowest BCUT2D eigenvalue weighted by atomic mass is 10.1. The molecule has 0 fully saturated rings. The second-order valence-corrected chi connectivity index (χ2v) is 4.37. The van der Waals surface area contributed by atoms with Gasteiger partial charge in [-0.1, -0.05) is 24.3 Å². The third-order valence-electron chi connectivity index (χ3n) is 3.07. The van der Waals surface area contributed by atoms with Gasteiger partial charge in [0.05, 0.1) is 5.56 Å². The normalized spacial score (nSPS) is 10.8. The van der Waals surface area contributed by atoms with E-state index >= 15 is 0 Å².